The number of hydrogen-bond acceptors (Lipinski definition) is 3. The van der Waals surface area contributed by atoms with Crippen molar-refractivity contribution in [2.75, 3.05) is 0 Å². The third-order valence-corrected chi connectivity index (χ3v) is 2.82. The molecule has 0 atom stereocenters. The van der Waals surface area contributed by atoms with Crippen LogP contribution in [0.1, 0.15) is 17.2 Å². The molecular formula is C11H13BrN4. The second-order valence-corrected chi connectivity index (χ2v) is 4.49. The number of aryl methyl sites for hydroxylation is 1. The lowest BCUT2D eigenvalue weighted by molar-refractivity contribution is 0.696. The molecule has 0 amide bonds. The maximum absolute atomic E-state index is 5.55. The summed E-state index contributed by atoms with van der Waals surface area (Å²) in [5, 5.41) is 4.32. The molecule has 0 radical (unpaired) electrons. The van der Waals surface area contributed by atoms with Crippen LogP contribution in [0.5, 0.6) is 0 Å². The molecule has 0 aliphatic carbocycles. The molecule has 0 fully saturated rings. The van der Waals surface area contributed by atoms with Crippen molar-refractivity contribution in [1.82, 2.24) is 14.8 Å². The lowest BCUT2D eigenvalue weighted by atomic mass is 10.1. The van der Waals surface area contributed by atoms with Crippen LogP contribution in [0.25, 0.3) is 0 Å². The predicted molar refractivity (Wildman–Crippen MR) is 65.8 cm³/mol. The molecule has 0 aliphatic heterocycles. The van der Waals surface area contributed by atoms with Crippen LogP contribution in [0.4, 0.5) is 0 Å². The van der Waals surface area contributed by atoms with Gasteiger partial charge in [-0.2, -0.15) is 5.10 Å². The van der Waals surface area contributed by atoms with E-state index in [4.69, 9.17) is 5.73 Å². The van der Waals surface area contributed by atoms with E-state index in [0.29, 0.717) is 6.54 Å². The van der Waals surface area contributed by atoms with Gasteiger partial charge in [0, 0.05) is 17.9 Å². The van der Waals surface area contributed by atoms with Gasteiger partial charge in [0.15, 0.2) is 5.82 Å². The molecule has 0 aliphatic rings. The highest BCUT2D eigenvalue weighted by atomic mass is 79.9. The Kier molecular flexibility index (Phi) is 3.36. The van der Waals surface area contributed by atoms with Crippen LogP contribution in [0, 0.1) is 0 Å². The van der Waals surface area contributed by atoms with E-state index in [0.717, 1.165) is 22.5 Å². The Labute approximate surface area is 103 Å². The molecule has 0 unspecified atom stereocenters. The SMILES string of the molecule is Cn1nc(Cc2cccc(Br)c2)nc1CN. The molecule has 0 saturated carbocycles. The Hall–Kier alpha value is -1.20. The maximum atomic E-state index is 5.55. The molecule has 84 valence electrons. The van der Waals surface area contributed by atoms with Crippen LogP contribution < -0.4 is 5.73 Å². The lowest BCUT2D eigenvalue weighted by Gasteiger charge is -1.97. The first-order valence-corrected chi connectivity index (χ1v) is 5.81. The molecule has 0 saturated heterocycles. The molecule has 1 aromatic heterocycles. The molecule has 0 spiro atoms. The van der Waals surface area contributed by atoms with E-state index in [9.17, 15) is 0 Å². The summed E-state index contributed by atoms with van der Waals surface area (Å²) in [5.74, 6) is 1.62. The molecule has 2 N–H and O–H groups in total. The summed E-state index contributed by atoms with van der Waals surface area (Å²) < 4.78 is 2.80. The number of halogens is 1. The molecule has 4 nitrogen and oxygen atoms in total. The second-order valence-electron chi connectivity index (χ2n) is 3.58. The molecule has 1 heterocycles. The average Bonchev–Trinajstić information content (AvgIpc) is 2.58. The summed E-state index contributed by atoms with van der Waals surface area (Å²) in [4.78, 5) is 4.36. The molecule has 5 heteroatoms. The quantitative estimate of drug-likeness (QED) is 0.930. The Balaban J connectivity index is 2.20. The summed E-state index contributed by atoms with van der Waals surface area (Å²) in [6.07, 6.45) is 0.729. The number of nitrogens with two attached hydrogens (primary N) is 1. The van der Waals surface area contributed by atoms with E-state index in [1.165, 1.54) is 5.56 Å². The molecule has 2 aromatic rings. The number of nitrogens with zero attached hydrogens (tertiary/aromatic N) is 3. The van der Waals surface area contributed by atoms with E-state index in [-0.39, 0.29) is 0 Å². The number of hydrogen-bond donors (Lipinski definition) is 1. The first kappa shape index (κ1) is 11.3. The smallest absolute Gasteiger partial charge is 0.155 e. The Morgan fingerprint density at radius 2 is 2.25 bits per heavy atom. The fraction of sp³-hybridized carbons (Fsp3) is 0.273. The van der Waals surface area contributed by atoms with Gasteiger partial charge in [0.1, 0.15) is 5.82 Å². The topological polar surface area (TPSA) is 56.7 Å². The van der Waals surface area contributed by atoms with Gasteiger partial charge in [-0.05, 0) is 17.7 Å². The van der Waals surface area contributed by atoms with Crippen molar-refractivity contribution in [1.29, 1.82) is 0 Å². The van der Waals surface area contributed by atoms with E-state index in [2.05, 4.69) is 38.1 Å². The third-order valence-electron chi connectivity index (χ3n) is 2.33. The van der Waals surface area contributed by atoms with E-state index < -0.39 is 0 Å². The van der Waals surface area contributed by atoms with Gasteiger partial charge in [-0.3, -0.25) is 4.68 Å². The average molecular weight is 281 g/mol. The summed E-state index contributed by atoms with van der Waals surface area (Å²) in [6, 6.07) is 8.13. The molecule has 0 bridgehead atoms. The highest BCUT2D eigenvalue weighted by Crippen LogP contribution is 2.13. The second kappa shape index (κ2) is 4.76. The summed E-state index contributed by atoms with van der Waals surface area (Å²) in [7, 11) is 1.86. The van der Waals surface area contributed by atoms with Gasteiger partial charge in [-0.1, -0.05) is 28.1 Å². The van der Waals surface area contributed by atoms with Crippen LogP contribution >= 0.6 is 15.9 Å². The fourth-order valence-corrected chi connectivity index (χ4v) is 2.00. The van der Waals surface area contributed by atoms with Gasteiger partial charge >= 0.3 is 0 Å². The zero-order valence-corrected chi connectivity index (χ0v) is 10.6. The zero-order chi connectivity index (χ0) is 11.5. The maximum Gasteiger partial charge on any atom is 0.155 e. The highest BCUT2D eigenvalue weighted by Gasteiger charge is 2.06. The zero-order valence-electron chi connectivity index (χ0n) is 9.02. The Bertz CT molecular complexity index is 492. The highest BCUT2D eigenvalue weighted by molar-refractivity contribution is 9.10. The monoisotopic (exact) mass is 280 g/mol. The first-order chi connectivity index (χ1) is 7.69. The Morgan fingerprint density at radius 3 is 2.88 bits per heavy atom. The summed E-state index contributed by atoms with van der Waals surface area (Å²) in [5.41, 5.74) is 6.73. The van der Waals surface area contributed by atoms with Crippen molar-refractivity contribution < 1.29 is 0 Å². The number of aromatic nitrogens is 3. The van der Waals surface area contributed by atoms with Crippen molar-refractivity contribution >= 4 is 15.9 Å². The lowest BCUT2D eigenvalue weighted by Crippen LogP contribution is -2.05. The normalized spacial score (nSPS) is 10.7. The minimum Gasteiger partial charge on any atom is -0.324 e. The van der Waals surface area contributed by atoms with E-state index >= 15 is 0 Å². The Morgan fingerprint density at radius 1 is 1.44 bits per heavy atom. The molecular weight excluding hydrogens is 268 g/mol. The molecule has 16 heavy (non-hydrogen) atoms. The van der Waals surface area contributed by atoms with Crippen LogP contribution in [0.15, 0.2) is 28.7 Å². The van der Waals surface area contributed by atoms with E-state index in [1.807, 2.05) is 19.2 Å². The number of benzene rings is 1. The van der Waals surface area contributed by atoms with E-state index in [1.54, 1.807) is 4.68 Å². The molecule has 2 rings (SSSR count). The van der Waals surface area contributed by atoms with Crippen molar-refractivity contribution in [3.05, 3.63) is 46.0 Å². The standard InChI is InChI=1S/C11H13BrN4/c1-16-11(7-13)14-10(15-16)6-8-3-2-4-9(12)5-8/h2-5H,6-7,13H2,1H3. The van der Waals surface area contributed by atoms with Crippen LogP contribution in [0.2, 0.25) is 0 Å². The third kappa shape index (κ3) is 2.48. The van der Waals surface area contributed by atoms with Crippen molar-refractivity contribution in [2.24, 2.45) is 12.8 Å². The van der Waals surface area contributed by atoms with Gasteiger partial charge < -0.3 is 5.73 Å². The molecule has 1 aromatic carbocycles. The van der Waals surface area contributed by atoms with Gasteiger partial charge in [0.2, 0.25) is 0 Å². The summed E-state index contributed by atoms with van der Waals surface area (Å²) in [6.45, 7) is 0.419. The van der Waals surface area contributed by atoms with Gasteiger partial charge in [-0.15, -0.1) is 0 Å². The van der Waals surface area contributed by atoms with Crippen LogP contribution in [-0.2, 0) is 20.0 Å². The predicted octanol–water partition coefficient (Wildman–Crippen LogP) is 1.63. The van der Waals surface area contributed by atoms with Crippen molar-refractivity contribution in [3.63, 3.8) is 0 Å². The van der Waals surface area contributed by atoms with Gasteiger partial charge in [0.25, 0.3) is 0 Å². The van der Waals surface area contributed by atoms with Gasteiger partial charge in [-0.25, -0.2) is 4.98 Å². The minimum atomic E-state index is 0.419. The minimum absolute atomic E-state index is 0.419. The first-order valence-electron chi connectivity index (χ1n) is 5.02. The fourth-order valence-electron chi connectivity index (χ4n) is 1.56. The van der Waals surface area contributed by atoms with Gasteiger partial charge in [0.05, 0.1) is 6.54 Å². The van der Waals surface area contributed by atoms with Crippen LogP contribution in [-0.4, -0.2) is 14.8 Å². The van der Waals surface area contributed by atoms with Crippen LogP contribution in [0.3, 0.4) is 0 Å². The largest absolute Gasteiger partial charge is 0.324 e. The number of rotatable bonds is 3. The summed E-state index contributed by atoms with van der Waals surface area (Å²) >= 11 is 3.44. The van der Waals surface area contributed by atoms with Crippen molar-refractivity contribution in [2.45, 2.75) is 13.0 Å². The van der Waals surface area contributed by atoms with Crippen molar-refractivity contribution in [3.8, 4) is 0 Å².